The predicted molar refractivity (Wildman–Crippen MR) is 102 cm³/mol. The van der Waals surface area contributed by atoms with Crippen LogP contribution in [-0.2, 0) is 13.0 Å². The van der Waals surface area contributed by atoms with Crippen molar-refractivity contribution >= 4 is 5.91 Å². The number of hydrogen-bond donors (Lipinski definition) is 0. The molecule has 0 N–H and O–H groups in total. The van der Waals surface area contributed by atoms with Crippen LogP contribution in [0.25, 0.3) is 0 Å². The van der Waals surface area contributed by atoms with Gasteiger partial charge in [-0.15, -0.1) is 0 Å². The first kappa shape index (κ1) is 18.2. The van der Waals surface area contributed by atoms with E-state index in [1.165, 1.54) is 24.8 Å². The van der Waals surface area contributed by atoms with Crippen molar-refractivity contribution in [3.8, 4) is 0 Å². The van der Waals surface area contributed by atoms with Crippen LogP contribution in [-0.4, -0.2) is 51.0 Å². The van der Waals surface area contributed by atoms with Crippen LogP contribution in [0, 0.1) is 0 Å². The Hall–Kier alpha value is -2.21. The van der Waals surface area contributed by atoms with E-state index in [9.17, 15) is 4.79 Å². The molecule has 1 spiro atoms. The Morgan fingerprint density at radius 2 is 1.93 bits per heavy atom. The molecule has 0 radical (unpaired) electrons. The zero-order valence-corrected chi connectivity index (χ0v) is 16.1. The van der Waals surface area contributed by atoms with Gasteiger partial charge in [0, 0.05) is 38.1 Å². The van der Waals surface area contributed by atoms with Gasteiger partial charge in [-0.1, -0.05) is 61.7 Å². The molecule has 4 rings (SSSR count). The van der Waals surface area contributed by atoms with Crippen molar-refractivity contribution in [2.45, 2.75) is 57.5 Å². The topological polar surface area (TPSA) is 62.5 Å². The van der Waals surface area contributed by atoms with Gasteiger partial charge in [0.05, 0.1) is 0 Å². The Bertz CT molecular complexity index is 767. The highest BCUT2D eigenvalue weighted by Crippen LogP contribution is 2.37. The summed E-state index contributed by atoms with van der Waals surface area (Å²) in [4.78, 5) is 21.7. The first-order chi connectivity index (χ1) is 13.2. The van der Waals surface area contributed by atoms with Gasteiger partial charge in [-0.05, 0) is 18.4 Å². The molecule has 1 aliphatic carbocycles. The Morgan fingerprint density at radius 3 is 2.63 bits per heavy atom. The largest absolute Gasteiger partial charge is 0.339 e. The molecule has 1 aromatic heterocycles. The molecule has 6 heteroatoms. The maximum atomic E-state index is 12.9. The molecular weight excluding hydrogens is 340 g/mol. The summed E-state index contributed by atoms with van der Waals surface area (Å²) >= 11 is 0. The third-order valence-corrected chi connectivity index (χ3v) is 6.05. The summed E-state index contributed by atoms with van der Waals surface area (Å²) in [5, 5.41) is 3.89. The molecule has 0 bridgehead atoms. The first-order valence-corrected chi connectivity index (χ1v) is 10.1. The molecule has 1 saturated heterocycles. The van der Waals surface area contributed by atoms with E-state index in [0.717, 1.165) is 32.5 Å². The maximum Gasteiger partial charge on any atom is 0.295 e. The molecule has 2 aromatic rings. The molecule has 1 aromatic carbocycles. The smallest absolute Gasteiger partial charge is 0.295 e. The SMILES string of the molecule is CCc1nc(C(=O)N2CCN(Cc3ccccc3)C3(CCCCC3)C2)no1. The second-order valence-electron chi connectivity index (χ2n) is 7.78. The number of aromatic nitrogens is 2. The van der Waals surface area contributed by atoms with Crippen LogP contribution in [0.3, 0.4) is 0 Å². The molecule has 1 amide bonds. The molecule has 2 heterocycles. The monoisotopic (exact) mass is 368 g/mol. The standard InChI is InChI=1S/C21H28N4O2/c1-2-18-22-19(23-27-18)20(26)24-13-14-25(15-17-9-5-3-6-10-17)21(16-24)11-7-4-8-12-21/h3,5-6,9-10H,2,4,7-8,11-16H2,1H3. The fraction of sp³-hybridized carbons (Fsp3) is 0.571. The summed E-state index contributed by atoms with van der Waals surface area (Å²) in [6.45, 7) is 5.25. The van der Waals surface area contributed by atoms with Crippen LogP contribution < -0.4 is 0 Å². The van der Waals surface area contributed by atoms with E-state index in [2.05, 4.69) is 45.4 Å². The highest BCUT2D eigenvalue weighted by atomic mass is 16.5. The molecule has 2 aliphatic rings. The number of rotatable bonds is 4. The van der Waals surface area contributed by atoms with E-state index in [-0.39, 0.29) is 17.3 Å². The Morgan fingerprint density at radius 1 is 1.15 bits per heavy atom. The molecule has 6 nitrogen and oxygen atoms in total. The highest BCUT2D eigenvalue weighted by Gasteiger charge is 2.44. The number of nitrogens with zero attached hydrogens (tertiary/aromatic N) is 4. The van der Waals surface area contributed by atoms with Crippen molar-refractivity contribution in [3.05, 3.63) is 47.6 Å². The normalized spacial score (nSPS) is 20.1. The molecule has 2 fully saturated rings. The molecule has 1 aliphatic heterocycles. The molecule has 0 atom stereocenters. The molecule has 144 valence electrons. The van der Waals surface area contributed by atoms with E-state index in [0.29, 0.717) is 18.9 Å². The number of piperazine rings is 1. The zero-order chi connectivity index (χ0) is 18.7. The summed E-state index contributed by atoms with van der Waals surface area (Å²) in [5.41, 5.74) is 1.41. The predicted octanol–water partition coefficient (Wildman–Crippen LogP) is 3.29. The number of carbonyl (C=O) groups excluding carboxylic acids is 1. The van der Waals surface area contributed by atoms with Gasteiger partial charge in [0.2, 0.25) is 5.89 Å². The van der Waals surface area contributed by atoms with Crippen LogP contribution >= 0.6 is 0 Å². The van der Waals surface area contributed by atoms with Gasteiger partial charge in [-0.2, -0.15) is 4.98 Å². The van der Waals surface area contributed by atoms with Gasteiger partial charge in [0.15, 0.2) is 0 Å². The minimum absolute atomic E-state index is 0.0688. The second-order valence-corrected chi connectivity index (χ2v) is 7.78. The molecule has 1 saturated carbocycles. The van der Waals surface area contributed by atoms with Gasteiger partial charge >= 0.3 is 0 Å². The second kappa shape index (κ2) is 7.80. The van der Waals surface area contributed by atoms with Crippen molar-refractivity contribution in [1.82, 2.24) is 19.9 Å². The minimum Gasteiger partial charge on any atom is -0.339 e. The van der Waals surface area contributed by atoms with Gasteiger partial charge in [0.1, 0.15) is 0 Å². The van der Waals surface area contributed by atoms with Crippen molar-refractivity contribution in [3.63, 3.8) is 0 Å². The average molecular weight is 368 g/mol. The van der Waals surface area contributed by atoms with Gasteiger partial charge in [-0.3, -0.25) is 9.69 Å². The molecular formula is C21H28N4O2. The fourth-order valence-corrected chi connectivity index (χ4v) is 4.55. The van der Waals surface area contributed by atoms with Crippen LogP contribution in [0.5, 0.6) is 0 Å². The van der Waals surface area contributed by atoms with Crippen molar-refractivity contribution < 1.29 is 9.32 Å². The lowest BCUT2D eigenvalue weighted by Gasteiger charge is -2.52. The van der Waals surface area contributed by atoms with E-state index in [4.69, 9.17) is 4.52 Å². The lowest BCUT2D eigenvalue weighted by Crippen LogP contribution is -2.63. The number of benzene rings is 1. The van der Waals surface area contributed by atoms with E-state index >= 15 is 0 Å². The Kier molecular flexibility index (Phi) is 5.25. The summed E-state index contributed by atoms with van der Waals surface area (Å²) in [5.74, 6) is 0.630. The number of carbonyl (C=O) groups is 1. The number of amides is 1. The molecule has 0 unspecified atom stereocenters. The summed E-state index contributed by atoms with van der Waals surface area (Å²) in [6, 6.07) is 10.7. The molecule has 27 heavy (non-hydrogen) atoms. The summed E-state index contributed by atoms with van der Waals surface area (Å²) in [7, 11) is 0. The van der Waals surface area contributed by atoms with Crippen LogP contribution in [0.1, 0.15) is 61.1 Å². The van der Waals surface area contributed by atoms with Crippen LogP contribution in [0.15, 0.2) is 34.9 Å². The third kappa shape index (κ3) is 3.76. The highest BCUT2D eigenvalue weighted by molar-refractivity contribution is 5.90. The lowest BCUT2D eigenvalue weighted by atomic mass is 9.78. The summed E-state index contributed by atoms with van der Waals surface area (Å²) in [6.07, 6.45) is 6.70. The maximum absolute atomic E-state index is 12.9. The number of aryl methyl sites for hydroxylation is 1. The van der Waals surface area contributed by atoms with Gasteiger partial charge in [-0.25, -0.2) is 0 Å². The van der Waals surface area contributed by atoms with E-state index in [1.54, 1.807) is 0 Å². The van der Waals surface area contributed by atoms with Crippen molar-refractivity contribution in [2.75, 3.05) is 19.6 Å². The zero-order valence-electron chi connectivity index (χ0n) is 16.1. The minimum atomic E-state index is -0.0947. The first-order valence-electron chi connectivity index (χ1n) is 10.1. The third-order valence-electron chi connectivity index (χ3n) is 6.05. The van der Waals surface area contributed by atoms with E-state index < -0.39 is 0 Å². The Balaban J connectivity index is 1.53. The van der Waals surface area contributed by atoms with Crippen molar-refractivity contribution in [1.29, 1.82) is 0 Å². The fourth-order valence-electron chi connectivity index (χ4n) is 4.55. The van der Waals surface area contributed by atoms with Crippen LogP contribution in [0.2, 0.25) is 0 Å². The van der Waals surface area contributed by atoms with Crippen LogP contribution in [0.4, 0.5) is 0 Å². The lowest BCUT2D eigenvalue weighted by molar-refractivity contribution is -0.0257. The van der Waals surface area contributed by atoms with Crippen molar-refractivity contribution in [2.24, 2.45) is 0 Å². The van der Waals surface area contributed by atoms with Gasteiger partial charge in [0.25, 0.3) is 11.7 Å². The van der Waals surface area contributed by atoms with Gasteiger partial charge < -0.3 is 9.42 Å². The van der Waals surface area contributed by atoms with E-state index in [1.807, 2.05) is 11.8 Å². The Labute approximate surface area is 160 Å². The quantitative estimate of drug-likeness (QED) is 0.829. The number of hydrogen-bond acceptors (Lipinski definition) is 5. The summed E-state index contributed by atoms with van der Waals surface area (Å²) < 4.78 is 5.14. The average Bonchev–Trinajstić information content (AvgIpc) is 3.20.